The summed E-state index contributed by atoms with van der Waals surface area (Å²) in [5.41, 5.74) is 2.48. The van der Waals surface area contributed by atoms with Gasteiger partial charge in [0.15, 0.2) is 17.6 Å². The highest BCUT2D eigenvalue weighted by atomic mass is 35.5. The van der Waals surface area contributed by atoms with Crippen LogP contribution in [0.25, 0.3) is 0 Å². The molecule has 0 radical (unpaired) electrons. The zero-order valence-electron chi connectivity index (χ0n) is 14.7. The number of hydrogen-bond donors (Lipinski definition) is 0. The summed E-state index contributed by atoms with van der Waals surface area (Å²) < 4.78 is 17.6. The molecule has 1 unspecified atom stereocenters. The minimum absolute atomic E-state index is 0.223. The molecule has 0 fully saturated rings. The first-order valence-corrected chi connectivity index (χ1v) is 9.43. The summed E-state index contributed by atoms with van der Waals surface area (Å²) in [5.74, 6) is 1.95. The minimum atomic E-state index is -0.223. The van der Waals surface area contributed by atoms with E-state index < -0.39 is 0 Å². The number of carbonyl (C=O) groups is 1. The predicted molar refractivity (Wildman–Crippen MR) is 108 cm³/mol. The molecule has 4 nitrogen and oxygen atoms in total. The van der Waals surface area contributed by atoms with Crippen molar-refractivity contribution in [2.24, 2.45) is 0 Å². The van der Waals surface area contributed by atoms with Crippen LogP contribution in [-0.4, -0.2) is 12.9 Å². The van der Waals surface area contributed by atoms with Gasteiger partial charge in [-0.2, -0.15) is 0 Å². The molecule has 6 heteroatoms. The van der Waals surface area contributed by atoms with Crippen LogP contribution in [0.3, 0.4) is 0 Å². The van der Waals surface area contributed by atoms with Crippen molar-refractivity contribution in [1.29, 1.82) is 0 Å². The van der Waals surface area contributed by atoms with Crippen LogP contribution in [0, 0.1) is 0 Å². The van der Waals surface area contributed by atoms with Gasteiger partial charge in [-0.05, 0) is 53.6 Å². The Balaban J connectivity index is 1.40. The highest BCUT2D eigenvalue weighted by Crippen LogP contribution is 2.37. The third-order valence-electron chi connectivity index (χ3n) is 4.40. The molecule has 0 amide bonds. The molecule has 0 saturated carbocycles. The van der Waals surface area contributed by atoms with E-state index in [4.69, 9.17) is 37.4 Å². The van der Waals surface area contributed by atoms with Crippen molar-refractivity contribution in [3.63, 3.8) is 0 Å². The number of rotatable bonds is 5. The lowest BCUT2D eigenvalue weighted by Gasteiger charge is -2.27. The second-order valence-electron chi connectivity index (χ2n) is 6.35. The normalized spacial score (nSPS) is 15.1. The summed E-state index contributed by atoms with van der Waals surface area (Å²) in [6, 6.07) is 18.2. The Hall–Kier alpha value is -2.69. The van der Waals surface area contributed by atoms with Gasteiger partial charge < -0.3 is 14.2 Å². The molecule has 1 aliphatic rings. The number of ether oxygens (including phenoxy) is 3. The first-order valence-electron chi connectivity index (χ1n) is 8.68. The zero-order valence-corrected chi connectivity index (χ0v) is 16.2. The first-order chi connectivity index (χ1) is 13.6. The average molecular weight is 415 g/mol. The maximum Gasteiger partial charge on any atom is 0.162 e. The van der Waals surface area contributed by atoms with E-state index in [1.807, 2.05) is 30.3 Å². The molecule has 28 heavy (non-hydrogen) atoms. The maximum absolute atomic E-state index is 10.9. The van der Waals surface area contributed by atoms with Gasteiger partial charge in [0.25, 0.3) is 0 Å². The van der Waals surface area contributed by atoms with Crippen LogP contribution in [0.15, 0.2) is 60.7 Å². The molecule has 0 saturated heterocycles. The van der Waals surface area contributed by atoms with E-state index in [2.05, 4.69) is 0 Å². The fourth-order valence-corrected chi connectivity index (χ4v) is 3.22. The minimum Gasteiger partial charge on any atom is -0.489 e. The van der Waals surface area contributed by atoms with E-state index in [-0.39, 0.29) is 6.10 Å². The van der Waals surface area contributed by atoms with Gasteiger partial charge in [0, 0.05) is 5.56 Å². The van der Waals surface area contributed by atoms with Crippen molar-refractivity contribution in [2.75, 3.05) is 6.61 Å². The largest absolute Gasteiger partial charge is 0.489 e. The van der Waals surface area contributed by atoms with E-state index in [0.717, 1.165) is 23.2 Å². The lowest BCUT2D eigenvalue weighted by Crippen LogP contribution is -2.21. The number of benzene rings is 3. The summed E-state index contributed by atoms with van der Waals surface area (Å²) in [6.45, 7) is 0.768. The highest BCUT2D eigenvalue weighted by Gasteiger charge is 2.22. The molecule has 1 atom stereocenters. The summed E-state index contributed by atoms with van der Waals surface area (Å²) in [4.78, 5) is 10.9. The van der Waals surface area contributed by atoms with Gasteiger partial charge in [-0.1, -0.05) is 41.4 Å². The fraction of sp³-hybridized carbons (Fsp3) is 0.136. The Kier molecular flexibility index (Phi) is 5.42. The second-order valence-corrected chi connectivity index (χ2v) is 7.16. The summed E-state index contributed by atoms with van der Waals surface area (Å²) in [7, 11) is 0. The average Bonchev–Trinajstić information content (AvgIpc) is 2.74. The Labute approximate surface area is 172 Å². The molecule has 4 rings (SSSR count). The van der Waals surface area contributed by atoms with Gasteiger partial charge in [-0.25, -0.2) is 0 Å². The summed E-state index contributed by atoms with van der Waals surface area (Å²) >= 11 is 12.0. The van der Waals surface area contributed by atoms with Gasteiger partial charge in [-0.3, -0.25) is 4.79 Å². The number of aldehydes is 1. The molecule has 3 aromatic rings. The zero-order chi connectivity index (χ0) is 19.5. The van der Waals surface area contributed by atoms with E-state index in [0.29, 0.717) is 40.3 Å². The molecule has 0 aromatic heterocycles. The van der Waals surface area contributed by atoms with Crippen LogP contribution in [0.4, 0.5) is 0 Å². The van der Waals surface area contributed by atoms with Crippen molar-refractivity contribution in [3.8, 4) is 17.2 Å². The topological polar surface area (TPSA) is 44.8 Å². The summed E-state index contributed by atoms with van der Waals surface area (Å²) in [6.07, 6.45) is 0.561. The molecule has 0 aliphatic carbocycles. The third-order valence-corrected chi connectivity index (χ3v) is 5.14. The Morgan fingerprint density at radius 1 is 0.964 bits per heavy atom. The van der Waals surface area contributed by atoms with E-state index in [1.54, 1.807) is 30.3 Å². The van der Waals surface area contributed by atoms with Crippen LogP contribution in [-0.2, 0) is 6.61 Å². The van der Waals surface area contributed by atoms with E-state index in [9.17, 15) is 4.79 Å². The van der Waals surface area contributed by atoms with Gasteiger partial charge in [0.05, 0.1) is 10.0 Å². The molecule has 142 valence electrons. The molecule has 1 heterocycles. The number of fused-ring (bicyclic) bond motifs is 1. The number of halogens is 2. The van der Waals surface area contributed by atoms with Gasteiger partial charge in [0.2, 0.25) is 0 Å². The van der Waals surface area contributed by atoms with E-state index >= 15 is 0 Å². The number of hydrogen-bond acceptors (Lipinski definition) is 4. The van der Waals surface area contributed by atoms with Crippen LogP contribution >= 0.6 is 23.2 Å². The van der Waals surface area contributed by atoms with Crippen LogP contribution in [0.1, 0.15) is 27.6 Å². The lowest BCUT2D eigenvalue weighted by molar-refractivity contribution is 0.0909. The molecule has 0 bridgehead atoms. The Morgan fingerprint density at radius 3 is 2.54 bits per heavy atom. The fourth-order valence-electron chi connectivity index (χ4n) is 2.90. The molecular formula is C22H16Cl2O4. The van der Waals surface area contributed by atoms with Crippen LogP contribution < -0.4 is 14.2 Å². The van der Waals surface area contributed by atoms with Crippen molar-refractivity contribution < 1.29 is 19.0 Å². The monoisotopic (exact) mass is 414 g/mol. The SMILES string of the molecule is O=Cc1ccc2c(c1)OCC(c1ccc(OCc3ccc(Cl)c(Cl)c3)cc1)O2. The van der Waals surface area contributed by atoms with E-state index in [1.165, 1.54) is 0 Å². The lowest BCUT2D eigenvalue weighted by atomic mass is 10.1. The van der Waals surface area contributed by atoms with Crippen LogP contribution in [0.5, 0.6) is 17.2 Å². The van der Waals surface area contributed by atoms with Gasteiger partial charge >= 0.3 is 0 Å². The highest BCUT2D eigenvalue weighted by molar-refractivity contribution is 6.42. The molecule has 1 aliphatic heterocycles. The Morgan fingerprint density at radius 2 is 1.79 bits per heavy atom. The second kappa shape index (κ2) is 8.13. The first kappa shape index (κ1) is 18.7. The molecule has 0 N–H and O–H groups in total. The smallest absolute Gasteiger partial charge is 0.162 e. The third kappa shape index (κ3) is 4.08. The molecule has 0 spiro atoms. The van der Waals surface area contributed by atoms with Crippen molar-refractivity contribution in [2.45, 2.75) is 12.7 Å². The standard InChI is InChI=1S/C22H16Cl2O4/c23-18-7-1-15(9-19(18)24)12-26-17-5-3-16(4-6-17)22-13-27-21-10-14(11-25)2-8-20(21)28-22/h1-11,22H,12-13H2. The molecule has 3 aromatic carbocycles. The summed E-state index contributed by atoms with van der Waals surface area (Å²) in [5, 5.41) is 1.03. The van der Waals surface area contributed by atoms with Crippen molar-refractivity contribution in [3.05, 3.63) is 87.4 Å². The quantitative estimate of drug-likeness (QED) is 0.487. The van der Waals surface area contributed by atoms with Crippen molar-refractivity contribution >= 4 is 29.5 Å². The van der Waals surface area contributed by atoms with Crippen LogP contribution in [0.2, 0.25) is 10.0 Å². The number of carbonyl (C=O) groups excluding carboxylic acids is 1. The van der Waals surface area contributed by atoms with Crippen molar-refractivity contribution in [1.82, 2.24) is 0 Å². The predicted octanol–water partition coefficient (Wildman–Crippen LogP) is 5.90. The van der Waals surface area contributed by atoms with Gasteiger partial charge in [-0.15, -0.1) is 0 Å². The molecular weight excluding hydrogens is 399 g/mol. The Bertz CT molecular complexity index is 1000. The van der Waals surface area contributed by atoms with Gasteiger partial charge in [0.1, 0.15) is 25.2 Å². The maximum atomic E-state index is 10.9.